The van der Waals surface area contributed by atoms with E-state index in [-0.39, 0.29) is 0 Å². The monoisotopic (exact) mass is 328 g/mol. The molecule has 0 fully saturated rings. The van der Waals surface area contributed by atoms with Gasteiger partial charge in [-0.25, -0.2) is 0 Å². The van der Waals surface area contributed by atoms with Crippen molar-refractivity contribution in [3.05, 3.63) is 70.6 Å². The van der Waals surface area contributed by atoms with Crippen LogP contribution in [0.2, 0.25) is 0 Å². The third kappa shape index (κ3) is 2.42. The smallest absolute Gasteiger partial charge is 0.0991 e. The van der Waals surface area contributed by atoms with Crippen molar-refractivity contribution < 1.29 is 0 Å². The quantitative estimate of drug-likeness (QED) is 0.478. The molecule has 4 rings (SSSR count). The first-order valence-corrected chi connectivity index (χ1v) is 8.72. The lowest BCUT2D eigenvalue weighted by atomic mass is 9.98. The SMILES string of the molecule is Cc1cc(C#N)ccc1-c1ccc2[nH]c(-c3sccc3C)cc2c1. The minimum Gasteiger partial charge on any atom is -0.354 e. The zero-order chi connectivity index (χ0) is 16.7. The van der Waals surface area contributed by atoms with Crippen molar-refractivity contribution in [3.63, 3.8) is 0 Å². The van der Waals surface area contributed by atoms with Gasteiger partial charge in [0.25, 0.3) is 0 Å². The van der Waals surface area contributed by atoms with Crippen LogP contribution in [0.3, 0.4) is 0 Å². The number of nitrogens with zero attached hydrogens (tertiary/aromatic N) is 1. The summed E-state index contributed by atoms with van der Waals surface area (Å²) in [6, 6.07) is 18.9. The van der Waals surface area contributed by atoms with Gasteiger partial charge in [0.1, 0.15) is 0 Å². The van der Waals surface area contributed by atoms with Gasteiger partial charge in [0.05, 0.1) is 22.2 Å². The van der Waals surface area contributed by atoms with E-state index in [1.165, 1.54) is 32.6 Å². The maximum atomic E-state index is 9.03. The Morgan fingerprint density at radius 2 is 1.83 bits per heavy atom. The first-order chi connectivity index (χ1) is 11.7. The molecule has 24 heavy (non-hydrogen) atoms. The number of H-pyrrole nitrogens is 1. The third-order valence-corrected chi connectivity index (χ3v) is 5.44. The normalized spacial score (nSPS) is 10.9. The molecular formula is C21H16N2S. The van der Waals surface area contributed by atoms with Gasteiger partial charge in [0, 0.05) is 10.9 Å². The van der Waals surface area contributed by atoms with Crippen LogP contribution >= 0.6 is 11.3 Å². The number of thiophene rings is 1. The van der Waals surface area contributed by atoms with Gasteiger partial charge in [-0.15, -0.1) is 11.3 Å². The Hall–Kier alpha value is -2.83. The van der Waals surface area contributed by atoms with E-state index in [9.17, 15) is 0 Å². The van der Waals surface area contributed by atoms with E-state index in [0.29, 0.717) is 5.56 Å². The van der Waals surface area contributed by atoms with Gasteiger partial charge < -0.3 is 4.98 Å². The highest BCUT2D eigenvalue weighted by molar-refractivity contribution is 7.13. The molecule has 0 atom stereocenters. The Bertz CT molecular complexity index is 1090. The van der Waals surface area contributed by atoms with E-state index >= 15 is 0 Å². The van der Waals surface area contributed by atoms with Crippen molar-refractivity contribution >= 4 is 22.2 Å². The second-order valence-corrected chi connectivity index (χ2v) is 6.98. The number of fused-ring (bicyclic) bond motifs is 1. The van der Waals surface area contributed by atoms with E-state index in [2.05, 4.69) is 60.6 Å². The van der Waals surface area contributed by atoms with E-state index in [4.69, 9.17) is 5.26 Å². The number of rotatable bonds is 2. The van der Waals surface area contributed by atoms with E-state index < -0.39 is 0 Å². The molecule has 3 heteroatoms. The van der Waals surface area contributed by atoms with Crippen molar-refractivity contribution in [2.24, 2.45) is 0 Å². The van der Waals surface area contributed by atoms with Gasteiger partial charge in [-0.3, -0.25) is 0 Å². The largest absolute Gasteiger partial charge is 0.354 e. The molecule has 0 unspecified atom stereocenters. The Morgan fingerprint density at radius 1 is 0.958 bits per heavy atom. The standard InChI is InChI=1S/C21H16N2S/c1-13-7-8-24-21(13)20-11-17-10-16(4-6-19(17)23-20)18-5-3-15(12-22)9-14(18)2/h3-11,23H,1-2H3. The molecule has 2 heterocycles. The molecule has 2 aromatic carbocycles. The van der Waals surface area contributed by atoms with Gasteiger partial charge in [-0.1, -0.05) is 12.1 Å². The summed E-state index contributed by atoms with van der Waals surface area (Å²) in [5.41, 5.74) is 7.80. The molecule has 0 saturated carbocycles. The number of aryl methyl sites for hydroxylation is 2. The second-order valence-electron chi connectivity index (χ2n) is 6.06. The summed E-state index contributed by atoms with van der Waals surface area (Å²) in [5, 5.41) is 12.4. The molecule has 1 N–H and O–H groups in total. The lowest BCUT2D eigenvalue weighted by molar-refractivity contribution is 1.41. The summed E-state index contributed by atoms with van der Waals surface area (Å²) in [6.07, 6.45) is 0. The molecule has 0 spiro atoms. The molecule has 0 aliphatic carbocycles. The fourth-order valence-corrected chi connectivity index (χ4v) is 4.03. The van der Waals surface area contributed by atoms with Crippen molar-refractivity contribution in [2.45, 2.75) is 13.8 Å². The summed E-state index contributed by atoms with van der Waals surface area (Å²) in [7, 11) is 0. The maximum Gasteiger partial charge on any atom is 0.0991 e. The zero-order valence-electron chi connectivity index (χ0n) is 13.6. The van der Waals surface area contributed by atoms with E-state index in [0.717, 1.165) is 11.1 Å². The van der Waals surface area contributed by atoms with Crippen molar-refractivity contribution in [1.82, 2.24) is 4.98 Å². The Balaban J connectivity index is 1.82. The van der Waals surface area contributed by atoms with Gasteiger partial charge in [-0.05, 0) is 77.9 Å². The molecule has 2 nitrogen and oxygen atoms in total. The van der Waals surface area contributed by atoms with Crippen molar-refractivity contribution in [1.29, 1.82) is 5.26 Å². The van der Waals surface area contributed by atoms with E-state index in [1.54, 1.807) is 11.3 Å². The highest BCUT2D eigenvalue weighted by Gasteiger charge is 2.09. The average Bonchev–Trinajstić information content (AvgIpc) is 3.19. The first-order valence-electron chi connectivity index (χ1n) is 7.84. The maximum absolute atomic E-state index is 9.03. The number of hydrogen-bond acceptors (Lipinski definition) is 2. The number of aromatic amines is 1. The summed E-state index contributed by atoms with van der Waals surface area (Å²) in [5.74, 6) is 0. The van der Waals surface area contributed by atoms with Crippen LogP contribution in [0.1, 0.15) is 16.7 Å². The highest BCUT2D eigenvalue weighted by Crippen LogP contribution is 2.33. The predicted molar refractivity (Wildman–Crippen MR) is 101 cm³/mol. The van der Waals surface area contributed by atoms with Crippen molar-refractivity contribution in [3.8, 4) is 27.8 Å². The average molecular weight is 328 g/mol. The Kier molecular flexibility index (Phi) is 3.48. The third-order valence-electron chi connectivity index (χ3n) is 4.39. The summed E-state index contributed by atoms with van der Waals surface area (Å²) in [4.78, 5) is 4.81. The second kappa shape index (κ2) is 5.67. The summed E-state index contributed by atoms with van der Waals surface area (Å²) in [6.45, 7) is 4.20. The molecule has 0 aliphatic rings. The topological polar surface area (TPSA) is 39.6 Å². The molecule has 116 valence electrons. The lowest BCUT2D eigenvalue weighted by Crippen LogP contribution is -1.85. The van der Waals surface area contributed by atoms with Crippen LogP contribution in [0.5, 0.6) is 0 Å². The molecular weight excluding hydrogens is 312 g/mol. The number of aromatic nitrogens is 1. The molecule has 0 bridgehead atoms. The fraction of sp³-hybridized carbons (Fsp3) is 0.0952. The van der Waals surface area contributed by atoms with Crippen molar-refractivity contribution in [2.75, 3.05) is 0 Å². The van der Waals surface area contributed by atoms with Crippen LogP contribution < -0.4 is 0 Å². The van der Waals surface area contributed by atoms with E-state index in [1.807, 2.05) is 18.2 Å². The molecule has 0 amide bonds. The van der Waals surface area contributed by atoms with Gasteiger partial charge in [-0.2, -0.15) is 5.26 Å². The summed E-state index contributed by atoms with van der Waals surface area (Å²) < 4.78 is 0. The van der Waals surface area contributed by atoms with Crippen LogP contribution in [0.25, 0.3) is 32.6 Å². The van der Waals surface area contributed by atoms with Crippen LogP contribution in [0, 0.1) is 25.2 Å². The molecule has 4 aromatic rings. The fourth-order valence-electron chi connectivity index (χ4n) is 3.13. The van der Waals surface area contributed by atoms with Gasteiger partial charge in [0.2, 0.25) is 0 Å². The summed E-state index contributed by atoms with van der Waals surface area (Å²) >= 11 is 1.76. The highest BCUT2D eigenvalue weighted by atomic mass is 32.1. The van der Waals surface area contributed by atoms with Gasteiger partial charge >= 0.3 is 0 Å². The lowest BCUT2D eigenvalue weighted by Gasteiger charge is -2.06. The molecule has 0 saturated heterocycles. The minimum absolute atomic E-state index is 0.703. The number of nitriles is 1. The predicted octanol–water partition coefficient (Wildman–Crippen LogP) is 6.05. The first kappa shape index (κ1) is 14.7. The molecule has 0 aliphatic heterocycles. The number of nitrogens with one attached hydrogen (secondary N) is 1. The van der Waals surface area contributed by atoms with Crippen LogP contribution in [0.4, 0.5) is 0 Å². The Morgan fingerprint density at radius 3 is 2.54 bits per heavy atom. The number of benzene rings is 2. The molecule has 2 aromatic heterocycles. The Labute approximate surface area is 145 Å². The minimum atomic E-state index is 0.703. The van der Waals surface area contributed by atoms with Gasteiger partial charge in [0.15, 0.2) is 0 Å². The van der Waals surface area contributed by atoms with Crippen LogP contribution in [-0.4, -0.2) is 4.98 Å². The van der Waals surface area contributed by atoms with Crippen LogP contribution in [-0.2, 0) is 0 Å². The van der Waals surface area contributed by atoms with Crippen LogP contribution in [0.15, 0.2) is 53.9 Å². The zero-order valence-corrected chi connectivity index (χ0v) is 14.4. The molecule has 0 radical (unpaired) electrons. The number of hydrogen-bond donors (Lipinski definition) is 1.